The van der Waals surface area contributed by atoms with Crippen molar-refractivity contribution in [2.75, 3.05) is 6.61 Å². The summed E-state index contributed by atoms with van der Waals surface area (Å²) in [5.41, 5.74) is 5.57. The van der Waals surface area contributed by atoms with Crippen molar-refractivity contribution in [3.63, 3.8) is 0 Å². The molecule has 3 aromatic rings. The summed E-state index contributed by atoms with van der Waals surface area (Å²) in [5.74, 6) is 0.498. The molecule has 4 N–H and O–H groups in total. The minimum absolute atomic E-state index is 0.0939. The number of rotatable bonds is 10. The van der Waals surface area contributed by atoms with Gasteiger partial charge in [-0.25, -0.2) is 0 Å². The molecule has 5 nitrogen and oxygen atoms in total. The van der Waals surface area contributed by atoms with Gasteiger partial charge in [0.05, 0.1) is 12.5 Å². The Bertz CT molecular complexity index is 2020. The van der Waals surface area contributed by atoms with Crippen molar-refractivity contribution in [3.05, 3.63) is 123 Å². The van der Waals surface area contributed by atoms with E-state index in [1.807, 2.05) is 30.3 Å². The number of hydrogen-bond acceptors (Lipinski definition) is 4. The summed E-state index contributed by atoms with van der Waals surface area (Å²) in [6.07, 6.45) is 22.9. The highest BCUT2D eigenvalue weighted by Crippen LogP contribution is 2.55. The minimum atomic E-state index is -0.737. The number of aliphatic carboxylic acids is 1. The molecule has 6 aliphatic rings. The Balaban J connectivity index is 1.12. The van der Waals surface area contributed by atoms with Gasteiger partial charge in [0, 0.05) is 22.0 Å². The maximum atomic E-state index is 13.5. The number of carboxylic acid groups (broad SMARTS) is 1. The first-order chi connectivity index (χ1) is 26.3. The van der Waals surface area contributed by atoms with E-state index < -0.39 is 17.3 Å². The van der Waals surface area contributed by atoms with Gasteiger partial charge in [0.1, 0.15) is 11.5 Å². The summed E-state index contributed by atoms with van der Waals surface area (Å²) in [6, 6.07) is 25.0. The first kappa shape index (κ1) is 36.9. The number of unbranched alkanes of at least 4 members (excludes halogenated alkanes) is 3. The van der Waals surface area contributed by atoms with Gasteiger partial charge in [-0.3, -0.25) is 4.79 Å². The lowest BCUT2D eigenvalue weighted by Gasteiger charge is -2.49. The number of aromatic hydroxyl groups is 1. The first-order valence-electron chi connectivity index (χ1n) is 20.9. The highest BCUT2D eigenvalue weighted by molar-refractivity contribution is 5.73. The average Bonchev–Trinajstić information content (AvgIpc) is 3.65. The van der Waals surface area contributed by atoms with Gasteiger partial charge in [-0.05, 0) is 134 Å². The minimum Gasteiger partial charge on any atom is -0.511 e. The van der Waals surface area contributed by atoms with E-state index in [0.29, 0.717) is 36.2 Å². The largest absolute Gasteiger partial charge is 0.511 e. The molecule has 0 aliphatic heterocycles. The van der Waals surface area contributed by atoms with Crippen molar-refractivity contribution < 1.29 is 25.2 Å². The molecule has 2 saturated carbocycles. The van der Waals surface area contributed by atoms with Crippen LogP contribution in [0, 0.1) is 29.6 Å². The topological polar surface area (TPSA) is 98.0 Å². The fraction of sp³-hybridized carbons (Fsp3) is 0.490. The lowest BCUT2D eigenvalue weighted by Crippen LogP contribution is -2.49. The molecule has 0 heterocycles. The van der Waals surface area contributed by atoms with Crippen LogP contribution in [0.2, 0.25) is 0 Å². The third-order valence-electron chi connectivity index (χ3n) is 14.6. The Hall–Kier alpha value is -4.09. The van der Waals surface area contributed by atoms with Crippen molar-refractivity contribution in [1.29, 1.82) is 0 Å². The number of aliphatic hydroxyl groups is 2. The zero-order chi connectivity index (χ0) is 37.3. The number of fused-ring (bicyclic) bond motifs is 6. The molecule has 0 saturated heterocycles. The van der Waals surface area contributed by atoms with E-state index in [0.717, 1.165) is 67.4 Å². The van der Waals surface area contributed by atoms with E-state index in [9.17, 15) is 25.2 Å². The van der Waals surface area contributed by atoms with Crippen LogP contribution in [0.15, 0.2) is 96.1 Å². The third-order valence-corrected chi connectivity index (χ3v) is 14.6. The van der Waals surface area contributed by atoms with Crippen LogP contribution in [0.3, 0.4) is 0 Å². The zero-order valence-corrected chi connectivity index (χ0v) is 31.8. The molecule has 2 fully saturated rings. The van der Waals surface area contributed by atoms with Crippen LogP contribution < -0.4 is 10.4 Å². The second-order valence-electron chi connectivity index (χ2n) is 17.6. The number of allylic oxidation sites excluding steroid dienone is 3. The van der Waals surface area contributed by atoms with Gasteiger partial charge < -0.3 is 20.4 Å². The van der Waals surface area contributed by atoms with Crippen molar-refractivity contribution in [2.45, 2.75) is 114 Å². The monoisotopic (exact) mass is 726 g/mol. The third kappa shape index (κ3) is 7.09. The van der Waals surface area contributed by atoms with Crippen LogP contribution in [0.4, 0.5) is 0 Å². The molecule has 0 aromatic heterocycles. The van der Waals surface area contributed by atoms with Gasteiger partial charge in [0.15, 0.2) is 0 Å². The van der Waals surface area contributed by atoms with E-state index >= 15 is 0 Å². The maximum absolute atomic E-state index is 13.5. The fourth-order valence-corrected chi connectivity index (χ4v) is 11.7. The van der Waals surface area contributed by atoms with E-state index in [2.05, 4.69) is 60.7 Å². The van der Waals surface area contributed by atoms with Crippen molar-refractivity contribution in [3.8, 4) is 5.75 Å². The molecule has 0 amide bonds. The van der Waals surface area contributed by atoms with Gasteiger partial charge in [-0.15, -0.1) is 0 Å². The Morgan fingerprint density at radius 2 is 1.61 bits per heavy atom. The van der Waals surface area contributed by atoms with Gasteiger partial charge >= 0.3 is 5.97 Å². The molecule has 3 aromatic carbocycles. The summed E-state index contributed by atoms with van der Waals surface area (Å²) in [6.45, 7) is 0.206. The number of carbonyl (C=O) groups is 1. The van der Waals surface area contributed by atoms with Crippen molar-refractivity contribution >= 4 is 17.8 Å². The lowest BCUT2D eigenvalue weighted by atomic mass is 9.54. The molecular formula is C49H58O5. The second-order valence-corrected chi connectivity index (χ2v) is 17.6. The number of benzene rings is 3. The molecule has 7 atom stereocenters. The number of aliphatic hydroxyl groups excluding tert-OH is 2. The number of phenols is 1. The molecule has 54 heavy (non-hydrogen) atoms. The highest BCUT2D eigenvalue weighted by atomic mass is 16.4. The Morgan fingerprint density at radius 3 is 2.41 bits per heavy atom. The molecule has 9 rings (SSSR count). The smallest absolute Gasteiger partial charge is 0.307 e. The first-order valence-corrected chi connectivity index (χ1v) is 20.9. The molecular weight excluding hydrogens is 669 g/mol. The van der Waals surface area contributed by atoms with Crippen LogP contribution in [-0.4, -0.2) is 33.0 Å². The predicted octanol–water partition coefficient (Wildman–Crippen LogP) is 9.19. The molecule has 4 bridgehead atoms. The fourth-order valence-electron chi connectivity index (χ4n) is 11.7. The van der Waals surface area contributed by atoms with E-state index in [1.165, 1.54) is 60.8 Å². The number of carboxylic acids is 1. The predicted molar refractivity (Wildman–Crippen MR) is 215 cm³/mol. The van der Waals surface area contributed by atoms with E-state index in [-0.39, 0.29) is 23.9 Å². The van der Waals surface area contributed by atoms with Crippen LogP contribution in [0.25, 0.3) is 11.8 Å². The van der Waals surface area contributed by atoms with Crippen molar-refractivity contribution in [2.24, 2.45) is 29.6 Å². The highest BCUT2D eigenvalue weighted by Gasteiger charge is 2.51. The van der Waals surface area contributed by atoms with Crippen LogP contribution in [-0.2, 0) is 22.0 Å². The molecule has 1 spiro atoms. The molecule has 6 aliphatic carbocycles. The second kappa shape index (κ2) is 15.6. The normalized spacial score (nSPS) is 31.3. The van der Waals surface area contributed by atoms with Crippen LogP contribution >= 0.6 is 0 Å². The van der Waals surface area contributed by atoms with Gasteiger partial charge in [0.25, 0.3) is 0 Å². The molecule has 284 valence electrons. The summed E-state index contributed by atoms with van der Waals surface area (Å²) in [4.78, 5) is 13.5. The summed E-state index contributed by atoms with van der Waals surface area (Å²) < 4.78 is 0. The summed E-state index contributed by atoms with van der Waals surface area (Å²) in [5, 5.41) is 44.7. The summed E-state index contributed by atoms with van der Waals surface area (Å²) >= 11 is 0. The number of hydrogen-bond donors (Lipinski definition) is 4. The average molecular weight is 727 g/mol. The zero-order valence-electron chi connectivity index (χ0n) is 31.8. The molecule has 5 heteroatoms. The van der Waals surface area contributed by atoms with Gasteiger partial charge in [-0.1, -0.05) is 110 Å². The lowest BCUT2D eigenvalue weighted by molar-refractivity contribution is -0.145. The van der Waals surface area contributed by atoms with E-state index in [4.69, 9.17) is 0 Å². The van der Waals surface area contributed by atoms with Crippen LogP contribution in [0.5, 0.6) is 5.75 Å². The SMILES string of the molecule is O=C(O)[C@H]1C/C=C2/CC[C@@](c3ccc(O)cc3)(Cc3cccc(c3)[C@@]13CC[C@@H]1C=c4ccccc4=C(O)[C@H]1C3)[C@H](CCCCCC[C@@H]1C=C(CO)CC1)C2. The number of phenolic OH excluding ortho intramolecular Hbond substituents is 1. The molecule has 0 radical (unpaired) electrons. The molecule has 0 unspecified atom stereocenters. The van der Waals surface area contributed by atoms with Gasteiger partial charge in [-0.2, -0.15) is 0 Å². The Kier molecular flexibility index (Phi) is 10.6. The van der Waals surface area contributed by atoms with Crippen LogP contribution in [0.1, 0.15) is 113 Å². The van der Waals surface area contributed by atoms with E-state index in [1.54, 1.807) is 0 Å². The van der Waals surface area contributed by atoms with Gasteiger partial charge in [0.2, 0.25) is 0 Å². The maximum Gasteiger partial charge on any atom is 0.307 e. The summed E-state index contributed by atoms with van der Waals surface area (Å²) in [7, 11) is 0. The quantitative estimate of drug-likeness (QED) is 0.123. The standard InChI is InChI=1S/C49H58O5/c50-32-36-15-14-33(26-36)8-3-1-2-4-11-40-27-34-16-21-45(47(53)54)49(25-23-38-29-37-10-5-6-13-43(37)46(52)44(38)31-49)41-12-7-9-35(28-41)30-48(40,24-22-34)39-17-19-42(51)20-18-39/h5-7,9-10,12-13,16-20,26,28-29,33,38,40,44-45,50-52H,1-4,8,11,14-15,21-25,27,30-32H2,(H,53,54)/b34-16-/t33-,38+,40+,44-,45+,48-,49-/m0/s1. The Morgan fingerprint density at radius 1 is 0.796 bits per heavy atom. The Labute approximate surface area is 320 Å². The van der Waals surface area contributed by atoms with Crippen molar-refractivity contribution in [1.82, 2.24) is 0 Å².